The fraction of sp³-hybridized carbons (Fsp3) is 0.600. The first kappa shape index (κ1) is 14.3. The van der Waals surface area contributed by atoms with E-state index in [1.54, 1.807) is 13.8 Å². The number of anilines is 1. The zero-order chi connectivity index (χ0) is 13.9. The number of rotatable bonds is 5. The Labute approximate surface area is 102 Å². The summed E-state index contributed by atoms with van der Waals surface area (Å²) >= 11 is 0. The second-order valence-corrected chi connectivity index (χ2v) is 3.97. The molecule has 1 amide bonds. The van der Waals surface area contributed by atoms with E-state index in [2.05, 4.69) is 10.4 Å². The Hall–Kier alpha value is -1.73. The van der Waals surface area contributed by atoms with Crippen molar-refractivity contribution in [2.24, 2.45) is 0 Å². The molecule has 1 aromatic heterocycles. The molecule has 0 aliphatic heterocycles. The van der Waals surface area contributed by atoms with Crippen molar-refractivity contribution in [1.82, 2.24) is 9.78 Å². The van der Waals surface area contributed by atoms with E-state index in [4.69, 9.17) is 4.74 Å². The van der Waals surface area contributed by atoms with Crippen molar-refractivity contribution in [1.29, 1.82) is 0 Å². The topological polar surface area (TPSA) is 56.1 Å². The second-order valence-electron chi connectivity index (χ2n) is 3.97. The number of aromatic nitrogens is 2. The molecule has 0 aliphatic carbocycles. The van der Waals surface area contributed by atoms with E-state index in [9.17, 15) is 18.0 Å². The number of carbonyl (C=O) groups excluding carboxylic acids is 1. The molecule has 8 heteroatoms. The summed E-state index contributed by atoms with van der Waals surface area (Å²) in [5, 5.41) is 5.94. The van der Waals surface area contributed by atoms with Gasteiger partial charge in [-0.3, -0.25) is 9.48 Å². The van der Waals surface area contributed by atoms with Gasteiger partial charge in [-0.05, 0) is 20.8 Å². The lowest BCUT2D eigenvalue weighted by Gasteiger charge is -2.15. The van der Waals surface area contributed by atoms with Crippen molar-refractivity contribution < 1.29 is 22.7 Å². The van der Waals surface area contributed by atoms with Crippen LogP contribution < -0.4 is 10.1 Å². The summed E-state index contributed by atoms with van der Waals surface area (Å²) in [4.78, 5) is 10.4. The average Bonchev–Trinajstić information content (AvgIpc) is 2.59. The third-order valence-electron chi connectivity index (χ3n) is 2.13. The zero-order valence-corrected chi connectivity index (χ0v) is 10.2. The molecule has 1 N–H and O–H groups in total. The minimum Gasteiger partial charge on any atom is -0.472 e. The van der Waals surface area contributed by atoms with Gasteiger partial charge in [0.15, 0.2) is 0 Å². The molecule has 0 saturated carbocycles. The highest BCUT2D eigenvalue weighted by Gasteiger charge is 2.38. The van der Waals surface area contributed by atoms with Crippen LogP contribution in [0.4, 0.5) is 18.9 Å². The molecule has 0 spiro atoms. The predicted octanol–water partition coefficient (Wildman–Crippen LogP) is 2.36. The van der Waals surface area contributed by atoms with Crippen LogP contribution in [0.25, 0.3) is 0 Å². The summed E-state index contributed by atoms with van der Waals surface area (Å²) in [7, 11) is 0. The minimum atomic E-state index is -4.42. The Kier molecular flexibility index (Phi) is 4.20. The van der Waals surface area contributed by atoms with Gasteiger partial charge in [0.25, 0.3) is 5.88 Å². The van der Waals surface area contributed by atoms with E-state index in [0.717, 1.165) is 13.1 Å². The second kappa shape index (κ2) is 5.28. The number of nitrogens with one attached hydrogen (secondary N) is 1. The smallest absolute Gasteiger partial charge is 0.410 e. The minimum absolute atomic E-state index is 0.0341. The van der Waals surface area contributed by atoms with Gasteiger partial charge in [0.2, 0.25) is 6.41 Å². The van der Waals surface area contributed by atoms with Gasteiger partial charge in [0.1, 0.15) is 11.7 Å². The lowest BCUT2D eigenvalue weighted by molar-refractivity contribution is -0.165. The highest BCUT2D eigenvalue weighted by Crippen LogP contribution is 2.33. The van der Waals surface area contributed by atoms with Gasteiger partial charge in [-0.1, -0.05) is 0 Å². The van der Waals surface area contributed by atoms with Gasteiger partial charge in [0.05, 0.1) is 12.3 Å². The van der Waals surface area contributed by atoms with E-state index in [1.807, 2.05) is 0 Å². The summed E-state index contributed by atoms with van der Waals surface area (Å²) in [6.07, 6.45) is -3.24. The van der Waals surface area contributed by atoms with Crippen LogP contribution in [0.1, 0.15) is 26.8 Å². The average molecular weight is 265 g/mol. The maximum absolute atomic E-state index is 12.5. The number of hydrogen-bond acceptors (Lipinski definition) is 3. The lowest BCUT2D eigenvalue weighted by Crippen LogP contribution is -2.24. The van der Waals surface area contributed by atoms with Crippen molar-refractivity contribution in [3.8, 4) is 5.88 Å². The first-order valence-electron chi connectivity index (χ1n) is 5.28. The van der Waals surface area contributed by atoms with Gasteiger partial charge in [-0.2, -0.15) is 13.2 Å². The predicted molar refractivity (Wildman–Crippen MR) is 58.4 cm³/mol. The fourth-order valence-electron chi connectivity index (χ4n) is 1.20. The van der Waals surface area contributed by atoms with Crippen molar-refractivity contribution in [2.45, 2.75) is 39.1 Å². The van der Waals surface area contributed by atoms with Gasteiger partial charge < -0.3 is 10.1 Å². The molecular formula is C10H14F3N3O2. The molecule has 1 atom stereocenters. The van der Waals surface area contributed by atoms with E-state index in [0.29, 0.717) is 11.1 Å². The SMILES string of the molecule is CC(C)Oc1nn(C(C)C(F)(F)F)cc1NC=O. The summed E-state index contributed by atoms with van der Waals surface area (Å²) in [6, 6.07) is -1.80. The summed E-state index contributed by atoms with van der Waals surface area (Å²) in [6.45, 7) is 4.38. The van der Waals surface area contributed by atoms with E-state index >= 15 is 0 Å². The quantitative estimate of drug-likeness (QED) is 0.831. The number of ether oxygens (including phenoxy) is 1. The molecule has 0 bridgehead atoms. The normalized spacial score (nSPS) is 13.5. The molecule has 18 heavy (non-hydrogen) atoms. The standard InChI is InChI=1S/C10H14F3N3O2/c1-6(2)18-9-8(14-5-17)4-16(15-9)7(3)10(11,12)13/h4-7H,1-3H3,(H,14,17). The Morgan fingerprint density at radius 2 is 2.06 bits per heavy atom. The van der Waals surface area contributed by atoms with E-state index in [-0.39, 0.29) is 17.7 Å². The number of hydrogen-bond donors (Lipinski definition) is 1. The third-order valence-corrected chi connectivity index (χ3v) is 2.13. The molecule has 0 fully saturated rings. The molecular weight excluding hydrogens is 251 g/mol. The van der Waals surface area contributed by atoms with Crippen LogP contribution in [-0.2, 0) is 4.79 Å². The summed E-state index contributed by atoms with van der Waals surface area (Å²) in [5.74, 6) is -0.0341. The molecule has 0 aliphatic rings. The first-order valence-corrected chi connectivity index (χ1v) is 5.28. The molecule has 1 unspecified atom stereocenters. The maximum atomic E-state index is 12.5. The molecule has 102 valence electrons. The molecule has 5 nitrogen and oxygen atoms in total. The van der Waals surface area contributed by atoms with Crippen molar-refractivity contribution in [3.05, 3.63) is 6.20 Å². The number of amides is 1. The Balaban J connectivity index is 3.05. The third kappa shape index (κ3) is 3.38. The maximum Gasteiger partial charge on any atom is 0.410 e. The highest BCUT2D eigenvalue weighted by molar-refractivity contribution is 5.73. The summed E-state index contributed by atoms with van der Waals surface area (Å²) < 4.78 is 43.5. The van der Waals surface area contributed by atoms with Crippen LogP contribution in [0.15, 0.2) is 6.20 Å². The largest absolute Gasteiger partial charge is 0.472 e. The van der Waals surface area contributed by atoms with Gasteiger partial charge >= 0.3 is 6.18 Å². The van der Waals surface area contributed by atoms with Gasteiger partial charge in [-0.15, -0.1) is 5.10 Å². The Morgan fingerprint density at radius 1 is 1.44 bits per heavy atom. The number of nitrogens with zero attached hydrogens (tertiary/aromatic N) is 2. The monoisotopic (exact) mass is 265 g/mol. The van der Waals surface area contributed by atoms with Crippen LogP contribution in [-0.4, -0.2) is 28.5 Å². The van der Waals surface area contributed by atoms with Gasteiger partial charge in [0, 0.05) is 0 Å². The fourth-order valence-corrected chi connectivity index (χ4v) is 1.20. The molecule has 1 aromatic rings. The Morgan fingerprint density at radius 3 is 2.50 bits per heavy atom. The molecule has 0 saturated heterocycles. The Bertz CT molecular complexity index is 415. The van der Waals surface area contributed by atoms with Crippen LogP contribution in [0, 0.1) is 0 Å². The number of alkyl halides is 3. The lowest BCUT2D eigenvalue weighted by atomic mass is 10.3. The van der Waals surface area contributed by atoms with Crippen molar-refractivity contribution >= 4 is 12.1 Å². The first-order chi connectivity index (χ1) is 8.25. The van der Waals surface area contributed by atoms with Crippen molar-refractivity contribution in [2.75, 3.05) is 5.32 Å². The number of carbonyl (C=O) groups is 1. The number of halogens is 3. The van der Waals surface area contributed by atoms with Gasteiger partial charge in [-0.25, -0.2) is 0 Å². The van der Waals surface area contributed by atoms with Crippen LogP contribution in [0.3, 0.4) is 0 Å². The summed E-state index contributed by atoms with van der Waals surface area (Å²) in [5.41, 5.74) is 0.106. The molecule has 1 heterocycles. The van der Waals surface area contributed by atoms with E-state index < -0.39 is 12.2 Å². The van der Waals surface area contributed by atoms with E-state index in [1.165, 1.54) is 0 Å². The van der Waals surface area contributed by atoms with Crippen LogP contribution in [0.2, 0.25) is 0 Å². The zero-order valence-electron chi connectivity index (χ0n) is 10.2. The van der Waals surface area contributed by atoms with Crippen molar-refractivity contribution in [3.63, 3.8) is 0 Å². The molecule has 1 rings (SSSR count). The van der Waals surface area contributed by atoms with Crippen LogP contribution >= 0.6 is 0 Å². The molecule has 0 radical (unpaired) electrons. The van der Waals surface area contributed by atoms with Crippen LogP contribution in [0.5, 0.6) is 5.88 Å². The highest BCUT2D eigenvalue weighted by atomic mass is 19.4. The molecule has 0 aromatic carbocycles.